The van der Waals surface area contributed by atoms with E-state index in [0.29, 0.717) is 24.1 Å². The molecule has 2 atom stereocenters. The Morgan fingerprint density at radius 2 is 2.10 bits per heavy atom. The molecule has 1 saturated heterocycles. The molecular formula is C17H26F2N2. The van der Waals surface area contributed by atoms with Crippen molar-refractivity contribution in [2.24, 2.45) is 5.92 Å². The molecule has 1 aromatic rings. The van der Waals surface area contributed by atoms with E-state index >= 15 is 0 Å². The molecule has 0 amide bonds. The summed E-state index contributed by atoms with van der Waals surface area (Å²) in [7, 11) is 0. The van der Waals surface area contributed by atoms with E-state index in [0.717, 1.165) is 19.5 Å². The van der Waals surface area contributed by atoms with Gasteiger partial charge in [0.2, 0.25) is 0 Å². The Kier molecular flexibility index (Phi) is 4.99. The van der Waals surface area contributed by atoms with Crippen molar-refractivity contribution in [1.29, 1.82) is 0 Å². The molecule has 0 aliphatic carbocycles. The third-order valence-corrected chi connectivity index (χ3v) is 4.54. The summed E-state index contributed by atoms with van der Waals surface area (Å²) in [6, 6.07) is 4.06. The van der Waals surface area contributed by atoms with Crippen LogP contribution in [0.2, 0.25) is 0 Å². The number of halogens is 2. The SMILES string of the molecule is CCC(C)C1CNC(C)(C)CN1Cc1cc(F)ccc1F. The molecule has 0 aromatic heterocycles. The molecule has 0 spiro atoms. The van der Waals surface area contributed by atoms with E-state index in [9.17, 15) is 8.78 Å². The van der Waals surface area contributed by atoms with Gasteiger partial charge in [-0.25, -0.2) is 8.78 Å². The summed E-state index contributed by atoms with van der Waals surface area (Å²) in [6.07, 6.45) is 1.08. The summed E-state index contributed by atoms with van der Waals surface area (Å²) < 4.78 is 27.3. The van der Waals surface area contributed by atoms with Crippen molar-refractivity contribution in [2.75, 3.05) is 13.1 Å². The lowest BCUT2D eigenvalue weighted by Crippen LogP contribution is -2.62. The van der Waals surface area contributed by atoms with Crippen molar-refractivity contribution in [3.63, 3.8) is 0 Å². The largest absolute Gasteiger partial charge is 0.309 e. The summed E-state index contributed by atoms with van der Waals surface area (Å²) in [5.74, 6) is -0.179. The van der Waals surface area contributed by atoms with Gasteiger partial charge < -0.3 is 5.32 Å². The monoisotopic (exact) mass is 296 g/mol. The number of nitrogens with one attached hydrogen (secondary N) is 1. The lowest BCUT2D eigenvalue weighted by atomic mass is 9.90. The van der Waals surface area contributed by atoms with Crippen molar-refractivity contribution in [3.05, 3.63) is 35.4 Å². The molecule has 1 aromatic carbocycles. The van der Waals surface area contributed by atoms with Crippen LogP contribution in [-0.2, 0) is 6.54 Å². The average molecular weight is 296 g/mol. The van der Waals surface area contributed by atoms with Gasteiger partial charge in [-0.15, -0.1) is 0 Å². The maximum atomic E-state index is 13.9. The third-order valence-electron chi connectivity index (χ3n) is 4.54. The fourth-order valence-corrected chi connectivity index (χ4v) is 3.08. The highest BCUT2D eigenvalue weighted by atomic mass is 19.1. The second-order valence-electron chi connectivity index (χ2n) is 6.86. The Bertz CT molecular complexity index is 488. The number of hydrogen-bond acceptors (Lipinski definition) is 2. The fourth-order valence-electron chi connectivity index (χ4n) is 3.08. The second kappa shape index (κ2) is 6.41. The minimum absolute atomic E-state index is 0.00619. The predicted octanol–water partition coefficient (Wildman–Crippen LogP) is 3.56. The minimum Gasteiger partial charge on any atom is -0.309 e. The first-order valence-corrected chi connectivity index (χ1v) is 7.75. The zero-order chi connectivity index (χ0) is 15.6. The molecule has 2 unspecified atom stereocenters. The molecule has 0 bridgehead atoms. The first kappa shape index (κ1) is 16.4. The van der Waals surface area contributed by atoms with E-state index in [1.807, 2.05) is 0 Å². The van der Waals surface area contributed by atoms with E-state index < -0.39 is 0 Å². The maximum Gasteiger partial charge on any atom is 0.127 e. The Hall–Kier alpha value is -1.00. The van der Waals surface area contributed by atoms with Crippen LogP contribution < -0.4 is 5.32 Å². The van der Waals surface area contributed by atoms with E-state index in [1.165, 1.54) is 18.2 Å². The first-order chi connectivity index (χ1) is 9.82. The summed E-state index contributed by atoms with van der Waals surface area (Å²) in [6.45, 7) is 10.9. The molecule has 0 radical (unpaired) electrons. The fraction of sp³-hybridized carbons (Fsp3) is 0.647. The van der Waals surface area contributed by atoms with Crippen LogP contribution in [0, 0.1) is 17.6 Å². The van der Waals surface area contributed by atoms with Crippen molar-refractivity contribution >= 4 is 0 Å². The van der Waals surface area contributed by atoms with Gasteiger partial charge >= 0.3 is 0 Å². The summed E-state index contributed by atoms with van der Waals surface area (Å²) in [4.78, 5) is 2.29. The number of piperazine rings is 1. The van der Waals surface area contributed by atoms with Crippen molar-refractivity contribution in [3.8, 4) is 0 Å². The van der Waals surface area contributed by atoms with Gasteiger partial charge in [-0.3, -0.25) is 4.90 Å². The summed E-state index contributed by atoms with van der Waals surface area (Å²) >= 11 is 0. The molecule has 4 heteroatoms. The van der Waals surface area contributed by atoms with Crippen LogP contribution in [0.3, 0.4) is 0 Å². The van der Waals surface area contributed by atoms with Gasteiger partial charge in [0.05, 0.1) is 0 Å². The van der Waals surface area contributed by atoms with Crippen LogP contribution in [-0.4, -0.2) is 29.6 Å². The highest BCUT2D eigenvalue weighted by Crippen LogP contribution is 2.25. The highest BCUT2D eigenvalue weighted by Gasteiger charge is 2.34. The molecule has 2 nitrogen and oxygen atoms in total. The van der Waals surface area contributed by atoms with Crippen molar-refractivity contribution < 1.29 is 8.78 Å². The van der Waals surface area contributed by atoms with Gasteiger partial charge in [-0.1, -0.05) is 20.3 Å². The van der Waals surface area contributed by atoms with Gasteiger partial charge in [0, 0.05) is 36.8 Å². The molecule has 1 heterocycles. The van der Waals surface area contributed by atoms with Gasteiger partial charge in [0.1, 0.15) is 11.6 Å². The minimum atomic E-state index is -0.374. The Morgan fingerprint density at radius 3 is 2.76 bits per heavy atom. The van der Waals surface area contributed by atoms with Gasteiger partial charge in [0.25, 0.3) is 0 Å². The number of benzene rings is 1. The molecule has 1 fully saturated rings. The number of nitrogens with zero attached hydrogens (tertiary/aromatic N) is 1. The lowest BCUT2D eigenvalue weighted by Gasteiger charge is -2.46. The highest BCUT2D eigenvalue weighted by molar-refractivity contribution is 5.19. The van der Waals surface area contributed by atoms with Crippen LogP contribution in [0.25, 0.3) is 0 Å². The van der Waals surface area contributed by atoms with Crippen LogP contribution in [0.4, 0.5) is 8.78 Å². The van der Waals surface area contributed by atoms with Crippen LogP contribution >= 0.6 is 0 Å². The normalized spacial score (nSPS) is 24.0. The molecule has 1 aliphatic heterocycles. The number of rotatable bonds is 4. The molecular weight excluding hydrogens is 270 g/mol. The molecule has 1 N–H and O–H groups in total. The number of hydrogen-bond donors (Lipinski definition) is 1. The molecule has 118 valence electrons. The van der Waals surface area contributed by atoms with Crippen molar-refractivity contribution in [1.82, 2.24) is 10.2 Å². The molecule has 0 saturated carbocycles. The van der Waals surface area contributed by atoms with E-state index in [1.54, 1.807) is 0 Å². The zero-order valence-corrected chi connectivity index (χ0v) is 13.4. The lowest BCUT2D eigenvalue weighted by molar-refractivity contribution is 0.0562. The smallest absolute Gasteiger partial charge is 0.127 e. The molecule has 2 rings (SSSR count). The van der Waals surface area contributed by atoms with E-state index in [-0.39, 0.29) is 17.2 Å². The Morgan fingerprint density at radius 1 is 1.38 bits per heavy atom. The quantitative estimate of drug-likeness (QED) is 0.914. The van der Waals surface area contributed by atoms with Gasteiger partial charge in [-0.2, -0.15) is 0 Å². The topological polar surface area (TPSA) is 15.3 Å². The van der Waals surface area contributed by atoms with Crippen LogP contribution in [0.15, 0.2) is 18.2 Å². The van der Waals surface area contributed by atoms with Crippen molar-refractivity contribution in [2.45, 2.75) is 52.2 Å². The third kappa shape index (κ3) is 4.01. The zero-order valence-electron chi connectivity index (χ0n) is 13.4. The standard InChI is InChI=1S/C17H26F2N2/c1-5-12(2)16-9-20-17(3,4)11-21(16)10-13-8-14(18)6-7-15(13)19/h6-8,12,16,20H,5,9-11H2,1-4H3. The van der Waals surface area contributed by atoms with Gasteiger partial charge in [0.15, 0.2) is 0 Å². The van der Waals surface area contributed by atoms with Gasteiger partial charge in [-0.05, 0) is 38.0 Å². The summed E-state index contributed by atoms with van der Waals surface area (Å²) in [5, 5.41) is 3.56. The Balaban J connectivity index is 2.21. The predicted molar refractivity (Wildman–Crippen MR) is 82.1 cm³/mol. The van der Waals surface area contributed by atoms with E-state index in [2.05, 4.69) is 37.9 Å². The van der Waals surface area contributed by atoms with E-state index in [4.69, 9.17) is 0 Å². The molecule has 1 aliphatic rings. The average Bonchev–Trinajstić information content (AvgIpc) is 2.41. The van der Waals surface area contributed by atoms with Crippen LogP contribution in [0.5, 0.6) is 0 Å². The van der Waals surface area contributed by atoms with Crippen LogP contribution in [0.1, 0.15) is 39.7 Å². The maximum absolute atomic E-state index is 13.9. The molecule has 21 heavy (non-hydrogen) atoms. The second-order valence-corrected chi connectivity index (χ2v) is 6.86. The Labute approximate surface area is 126 Å². The summed E-state index contributed by atoms with van der Waals surface area (Å²) in [5.41, 5.74) is 0.439. The first-order valence-electron chi connectivity index (χ1n) is 7.75.